The molecule has 1 aromatic carbocycles. The van der Waals surface area contributed by atoms with E-state index in [-0.39, 0.29) is 5.52 Å². The normalized spacial score (nSPS) is 11.2. The quantitative estimate of drug-likeness (QED) is 0.804. The van der Waals surface area contributed by atoms with Gasteiger partial charge >= 0.3 is 5.69 Å². The Balaban J connectivity index is 2.37. The number of nitrogens with one attached hydrogen (secondary N) is 1. The summed E-state index contributed by atoms with van der Waals surface area (Å²) < 4.78 is 2.89. The van der Waals surface area contributed by atoms with Gasteiger partial charge in [0.25, 0.3) is 5.56 Å². The number of H-pyrrole nitrogens is 1. The second-order valence-electron chi connectivity index (χ2n) is 5.09. The Morgan fingerprint density at radius 2 is 1.91 bits per heavy atom. The maximum atomic E-state index is 12.3. The minimum Gasteiger partial charge on any atom is -0.310 e. The first-order valence-electron chi connectivity index (χ1n) is 6.98. The Morgan fingerprint density at radius 1 is 1.23 bits per heavy atom. The first-order chi connectivity index (χ1) is 10.5. The molecule has 0 saturated carbocycles. The molecule has 0 aliphatic rings. The molecule has 0 amide bonds. The molecule has 3 rings (SSSR count). The average Bonchev–Trinajstić information content (AvgIpc) is 2.85. The Labute approximate surface area is 131 Å². The van der Waals surface area contributed by atoms with Gasteiger partial charge in [0.15, 0.2) is 5.52 Å². The average molecular weight is 319 g/mol. The predicted molar refractivity (Wildman–Crippen MR) is 86.3 cm³/mol. The third kappa shape index (κ3) is 2.25. The summed E-state index contributed by atoms with van der Waals surface area (Å²) in [5, 5.41) is 0.631. The van der Waals surface area contributed by atoms with Crippen LogP contribution >= 0.6 is 11.6 Å². The molecule has 0 saturated heterocycles. The lowest BCUT2D eigenvalue weighted by molar-refractivity contribution is 0.692. The van der Waals surface area contributed by atoms with Crippen LogP contribution in [0.1, 0.15) is 13.3 Å². The highest BCUT2D eigenvalue weighted by atomic mass is 35.5. The number of imidazole rings is 1. The zero-order valence-electron chi connectivity index (χ0n) is 12.3. The Kier molecular flexibility index (Phi) is 3.62. The molecule has 114 valence electrons. The van der Waals surface area contributed by atoms with Gasteiger partial charge in [-0.15, -0.1) is 0 Å². The predicted octanol–water partition coefficient (Wildman–Crippen LogP) is 2.15. The van der Waals surface area contributed by atoms with Gasteiger partial charge < -0.3 is 4.57 Å². The van der Waals surface area contributed by atoms with E-state index in [2.05, 4.69) is 9.97 Å². The number of nitrogens with zero attached hydrogens (tertiary/aromatic N) is 3. The molecule has 0 unspecified atom stereocenters. The minimum atomic E-state index is -0.447. The van der Waals surface area contributed by atoms with Crippen molar-refractivity contribution in [2.45, 2.75) is 19.9 Å². The number of aryl methyl sites for hydroxylation is 1. The Morgan fingerprint density at radius 3 is 2.55 bits per heavy atom. The van der Waals surface area contributed by atoms with Crippen LogP contribution in [-0.2, 0) is 13.6 Å². The molecule has 0 atom stereocenters. The van der Waals surface area contributed by atoms with Crippen molar-refractivity contribution in [1.29, 1.82) is 0 Å². The van der Waals surface area contributed by atoms with Crippen molar-refractivity contribution in [1.82, 2.24) is 19.1 Å². The van der Waals surface area contributed by atoms with E-state index in [9.17, 15) is 9.59 Å². The van der Waals surface area contributed by atoms with Crippen molar-refractivity contribution >= 4 is 22.8 Å². The number of aromatic amines is 1. The summed E-state index contributed by atoms with van der Waals surface area (Å²) in [6.07, 6.45) is 0.850. The molecule has 22 heavy (non-hydrogen) atoms. The maximum absolute atomic E-state index is 12.3. The smallest absolute Gasteiger partial charge is 0.310 e. The van der Waals surface area contributed by atoms with Crippen molar-refractivity contribution < 1.29 is 0 Å². The SMILES string of the molecule is CCCn1c(-c2ccc(Cl)cc2)nc2c(=O)n(C)c(=O)[nH]c21. The molecule has 0 radical (unpaired) electrons. The lowest BCUT2D eigenvalue weighted by atomic mass is 10.2. The molecule has 0 aliphatic heterocycles. The van der Waals surface area contributed by atoms with Gasteiger partial charge in [0.05, 0.1) is 0 Å². The third-order valence-corrected chi connectivity index (χ3v) is 3.81. The molecule has 2 heterocycles. The van der Waals surface area contributed by atoms with E-state index < -0.39 is 11.2 Å². The van der Waals surface area contributed by atoms with Gasteiger partial charge in [-0.25, -0.2) is 9.78 Å². The van der Waals surface area contributed by atoms with Crippen LogP contribution in [0, 0.1) is 0 Å². The largest absolute Gasteiger partial charge is 0.329 e. The van der Waals surface area contributed by atoms with Crippen LogP contribution in [0.2, 0.25) is 5.02 Å². The zero-order chi connectivity index (χ0) is 15.9. The highest BCUT2D eigenvalue weighted by Gasteiger charge is 2.17. The van der Waals surface area contributed by atoms with Crippen LogP contribution < -0.4 is 11.2 Å². The van der Waals surface area contributed by atoms with Crippen molar-refractivity contribution in [3.05, 3.63) is 50.1 Å². The number of aromatic nitrogens is 4. The van der Waals surface area contributed by atoms with Gasteiger partial charge in [-0.2, -0.15) is 0 Å². The molecule has 7 heteroatoms. The summed E-state index contributed by atoms with van der Waals surface area (Å²) in [5.41, 5.74) is 0.721. The van der Waals surface area contributed by atoms with Gasteiger partial charge in [-0.3, -0.25) is 14.3 Å². The second kappa shape index (κ2) is 5.46. The fourth-order valence-electron chi connectivity index (χ4n) is 2.43. The van der Waals surface area contributed by atoms with E-state index in [0.29, 0.717) is 23.0 Å². The summed E-state index contributed by atoms with van der Waals surface area (Å²) >= 11 is 5.92. The number of hydrogen-bond donors (Lipinski definition) is 1. The summed E-state index contributed by atoms with van der Waals surface area (Å²) in [4.78, 5) is 31.3. The third-order valence-electron chi connectivity index (χ3n) is 3.55. The number of benzene rings is 1. The molecule has 3 aromatic rings. The highest BCUT2D eigenvalue weighted by Crippen LogP contribution is 2.23. The van der Waals surface area contributed by atoms with E-state index >= 15 is 0 Å². The van der Waals surface area contributed by atoms with Crippen LogP contribution in [0.3, 0.4) is 0 Å². The molecule has 0 aliphatic carbocycles. The molecule has 6 nitrogen and oxygen atoms in total. The second-order valence-corrected chi connectivity index (χ2v) is 5.52. The lowest BCUT2D eigenvalue weighted by Crippen LogP contribution is -2.32. The number of fused-ring (bicyclic) bond motifs is 1. The van der Waals surface area contributed by atoms with Crippen molar-refractivity contribution in [2.24, 2.45) is 7.05 Å². The summed E-state index contributed by atoms with van der Waals surface area (Å²) in [7, 11) is 1.43. The van der Waals surface area contributed by atoms with Gasteiger partial charge in [0, 0.05) is 24.2 Å². The molecule has 0 fully saturated rings. The van der Waals surface area contributed by atoms with E-state index in [1.165, 1.54) is 7.05 Å². The summed E-state index contributed by atoms with van der Waals surface area (Å²) in [6.45, 7) is 2.67. The van der Waals surface area contributed by atoms with Crippen molar-refractivity contribution in [3.8, 4) is 11.4 Å². The molecule has 0 spiro atoms. The number of rotatable bonds is 3. The van der Waals surface area contributed by atoms with Crippen LogP contribution in [0.4, 0.5) is 0 Å². The molecule has 1 N–H and O–H groups in total. The minimum absolute atomic E-state index is 0.264. The Bertz CT molecular complexity index is 951. The van der Waals surface area contributed by atoms with E-state index in [4.69, 9.17) is 11.6 Å². The van der Waals surface area contributed by atoms with Crippen molar-refractivity contribution in [3.63, 3.8) is 0 Å². The monoisotopic (exact) mass is 318 g/mol. The van der Waals surface area contributed by atoms with Gasteiger partial charge in [0.1, 0.15) is 11.5 Å². The van der Waals surface area contributed by atoms with Gasteiger partial charge in [-0.05, 0) is 30.7 Å². The van der Waals surface area contributed by atoms with E-state index in [1.54, 1.807) is 12.1 Å². The summed E-state index contributed by atoms with van der Waals surface area (Å²) in [6, 6.07) is 7.23. The van der Waals surface area contributed by atoms with Gasteiger partial charge in [-0.1, -0.05) is 18.5 Å². The highest BCUT2D eigenvalue weighted by molar-refractivity contribution is 6.30. The first-order valence-corrected chi connectivity index (χ1v) is 7.36. The maximum Gasteiger partial charge on any atom is 0.329 e. The van der Waals surface area contributed by atoms with E-state index in [0.717, 1.165) is 16.6 Å². The lowest BCUT2D eigenvalue weighted by Gasteiger charge is -2.07. The fourth-order valence-corrected chi connectivity index (χ4v) is 2.55. The number of halogens is 1. The van der Waals surface area contributed by atoms with Crippen molar-refractivity contribution in [2.75, 3.05) is 0 Å². The Hall–Kier alpha value is -2.34. The summed E-state index contributed by atoms with van der Waals surface area (Å²) in [5.74, 6) is 0.646. The standard InChI is InChI=1S/C15H15ClN4O2/c1-3-8-20-12(9-4-6-10(16)7-5-9)17-11-13(20)18-15(22)19(2)14(11)21/h4-7H,3,8H2,1-2H3,(H,18,22). The fraction of sp³-hybridized carbons (Fsp3) is 0.267. The van der Waals surface area contributed by atoms with E-state index in [1.807, 2.05) is 23.6 Å². The topological polar surface area (TPSA) is 72.7 Å². The van der Waals surface area contributed by atoms with Crippen LogP contribution in [0.15, 0.2) is 33.9 Å². The first kappa shape index (κ1) is 14.6. The zero-order valence-corrected chi connectivity index (χ0v) is 13.0. The van der Waals surface area contributed by atoms with Crippen LogP contribution in [-0.4, -0.2) is 19.1 Å². The number of hydrogen-bond acceptors (Lipinski definition) is 3. The molecule has 0 bridgehead atoms. The van der Waals surface area contributed by atoms with Gasteiger partial charge in [0.2, 0.25) is 0 Å². The van der Waals surface area contributed by atoms with Crippen LogP contribution in [0.25, 0.3) is 22.6 Å². The molecular weight excluding hydrogens is 304 g/mol. The molecular formula is C15H15ClN4O2. The molecule has 2 aromatic heterocycles. The van der Waals surface area contributed by atoms with Crippen LogP contribution in [0.5, 0.6) is 0 Å².